The van der Waals surface area contributed by atoms with Gasteiger partial charge in [-0.25, -0.2) is 9.18 Å². The van der Waals surface area contributed by atoms with Crippen LogP contribution in [-0.4, -0.2) is 38.8 Å². The molecule has 0 aromatic heterocycles. The van der Waals surface area contributed by atoms with Gasteiger partial charge in [-0.3, -0.25) is 0 Å². The number of carbonyl (C=O) groups is 1. The maximum atomic E-state index is 13.0. The number of ether oxygens (including phenoxy) is 1. The molecule has 5 heteroatoms. The highest BCUT2D eigenvalue weighted by Crippen LogP contribution is 2.41. The fourth-order valence-corrected chi connectivity index (χ4v) is 2.74. The fraction of sp³-hybridized carbons (Fsp3) is 0.562. The Hall–Kier alpha value is -1.62. The normalized spacial score (nSPS) is 17.1. The second-order valence-corrected chi connectivity index (χ2v) is 5.55. The molecule has 0 bridgehead atoms. The number of nitrogens with one attached hydrogen (secondary N) is 1. The Balaban J connectivity index is 2.18. The van der Waals surface area contributed by atoms with Crippen LogP contribution in [0.15, 0.2) is 24.3 Å². The van der Waals surface area contributed by atoms with Gasteiger partial charge < -0.3 is 15.0 Å². The zero-order valence-electron chi connectivity index (χ0n) is 12.9. The van der Waals surface area contributed by atoms with Crippen LogP contribution in [-0.2, 0) is 9.53 Å². The highest BCUT2D eigenvalue weighted by Gasteiger charge is 2.51. The van der Waals surface area contributed by atoms with Crippen molar-refractivity contribution in [3.63, 3.8) is 0 Å². The van der Waals surface area contributed by atoms with E-state index in [-0.39, 0.29) is 11.8 Å². The lowest BCUT2D eigenvalue weighted by Crippen LogP contribution is -2.59. The molecule has 0 heterocycles. The van der Waals surface area contributed by atoms with Crippen LogP contribution in [0.2, 0.25) is 0 Å². The average Bonchev–Trinajstić information content (AvgIpc) is 3.30. The van der Waals surface area contributed by atoms with Crippen molar-refractivity contribution in [1.82, 2.24) is 5.32 Å². The SMILES string of the molecule is CCOC(=O)C(CN(C)c1ccc(F)cc1)(NC)C1CC1. The quantitative estimate of drug-likeness (QED) is 0.783. The van der Waals surface area contributed by atoms with Crippen molar-refractivity contribution in [2.45, 2.75) is 25.3 Å². The molecule has 1 N–H and O–H groups in total. The van der Waals surface area contributed by atoms with Gasteiger partial charge in [0.05, 0.1) is 6.61 Å². The van der Waals surface area contributed by atoms with Crippen LogP contribution in [0.25, 0.3) is 0 Å². The van der Waals surface area contributed by atoms with Crippen molar-refractivity contribution in [2.24, 2.45) is 5.92 Å². The lowest BCUT2D eigenvalue weighted by Gasteiger charge is -2.36. The number of carbonyl (C=O) groups excluding carboxylic acids is 1. The van der Waals surface area contributed by atoms with E-state index in [9.17, 15) is 9.18 Å². The fourth-order valence-electron chi connectivity index (χ4n) is 2.74. The van der Waals surface area contributed by atoms with Crippen LogP contribution in [0.5, 0.6) is 0 Å². The number of anilines is 1. The highest BCUT2D eigenvalue weighted by atomic mass is 19.1. The number of benzene rings is 1. The van der Waals surface area contributed by atoms with Gasteiger partial charge in [0.25, 0.3) is 0 Å². The molecule has 21 heavy (non-hydrogen) atoms. The van der Waals surface area contributed by atoms with Gasteiger partial charge in [-0.15, -0.1) is 0 Å². The summed E-state index contributed by atoms with van der Waals surface area (Å²) in [6.07, 6.45) is 2.05. The summed E-state index contributed by atoms with van der Waals surface area (Å²) in [5, 5.41) is 3.18. The minimum Gasteiger partial charge on any atom is -0.465 e. The molecule has 4 nitrogen and oxygen atoms in total. The lowest BCUT2D eigenvalue weighted by molar-refractivity contribution is -0.151. The molecule has 2 rings (SSSR count). The number of likely N-dealkylation sites (N-methyl/N-ethyl adjacent to an activating group) is 2. The highest BCUT2D eigenvalue weighted by molar-refractivity contribution is 5.83. The van der Waals surface area contributed by atoms with Gasteiger partial charge in [-0.1, -0.05) is 0 Å². The van der Waals surface area contributed by atoms with E-state index in [2.05, 4.69) is 5.32 Å². The van der Waals surface area contributed by atoms with Crippen LogP contribution in [0.3, 0.4) is 0 Å². The molecule has 1 aliphatic rings. The molecule has 1 atom stereocenters. The van der Waals surface area contributed by atoms with Crippen molar-refractivity contribution in [1.29, 1.82) is 0 Å². The third-order valence-electron chi connectivity index (χ3n) is 4.11. The van der Waals surface area contributed by atoms with E-state index in [4.69, 9.17) is 4.74 Å². The second-order valence-electron chi connectivity index (χ2n) is 5.55. The maximum absolute atomic E-state index is 13.0. The van der Waals surface area contributed by atoms with E-state index >= 15 is 0 Å². The van der Waals surface area contributed by atoms with Gasteiger partial charge in [0.1, 0.15) is 11.4 Å². The maximum Gasteiger partial charge on any atom is 0.328 e. The Morgan fingerprint density at radius 3 is 2.52 bits per heavy atom. The first-order valence-electron chi connectivity index (χ1n) is 7.36. The summed E-state index contributed by atoms with van der Waals surface area (Å²) in [4.78, 5) is 14.4. The van der Waals surface area contributed by atoms with Crippen LogP contribution < -0.4 is 10.2 Å². The third-order valence-corrected chi connectivity index (χ3v) is 4.11. The summed E-state index contributed by atoms with van der Waals surface area (Å²) in [5.74, 6) is -0.173. The number of halogens is 1. The van der Waals surface area contributed by atoms with E-state index < -0.39 is 5.54 Å². The van der Waals surface area contributed by atoms with Crippen molar-refractivity contribution < 1.29 is 13.9 Å². The van der Waals surface area contributed by atoms with Crippen molar-refractivity contribution in [3.8, 4) is 0 Å². The summed E-state index contributed by atoms with van der Waals surface area (Å²) in [7, 11) is 3.70. The van der Waals surface area contributed by atoms with Gasteiger partial charge in [-0.2, -0.15) is 0 Å². The second kappa shape index (κ2) is 6.43. The molecule has 1 unspecified atom stereocenters. The number of hydrogen-bond donors (Lipinski definition) is 1. The predicted molar refractivity (Wildman–Crippen MR) is 80.8 cm³/mol. The Labute approximate surface area is 125 Å². The smallest absolute Gasteiger partial charge is 0.328 e. The minimum atomic E-state index is -0.695. The summed E-state index contributed by atoms with van der Waals surface area (Å²) in [6, 6.07) is 6.28. The van der Waals surface area contributed by atoms with Crippen molar-refractivity contribution in [2.75, 3.05) is 32.1 Å². The van der Waals surface area contributed by atoms with Crippen molar-refractivity contribution in [3.05, 3.63) is 30.1 Å². The minimum absolute atomic E-state index is 0.205. The standard InChI is InChI=1S/C16H23FN2O2/c1-4-21-15(20)16(18-2,12-5-6-12)11-19(3)14-9-7-13(17)8-10-14/h7-10,12,18H,4-6,11H2,1-3H3. The Morgan fingerprint density at radius 2 is 2.05 bits per heavy atom. The van der Waals surface area contributed by atoms with Crippen LogP contribution >= 0.6 is 0 Å². The Kier molecular flexibility index (Phi) is 4.83. The number of nitrogens with zero attached hydrogens (tertiary/aromatic N) is 1. The topological polar surface area (TPSA) is 41.6 Å². The van der Waals surface area contributed by atoms with Gasteiger partial charge in [0, 0.05) is 19.3 Å². The molecule has 1 saturated carbocycles. The first kappa shape index (κ1) is 15.8. The Morgan fingerprint density at radius 1 is 1.43 bits per heavy atom. The molecule has 0 aliphatic heterocycles. The molecule has 1 aliphatic carbocycles. The predicted octanol–water partition coefficient (Wildman–Crippen LogP) is 2.19. The number of hydrogen-bond acceptors (Lipinski definition) is 4. The number of rotatable bonds is 7. The molecule has 116 valence electrons. The first-order chi connectivity index (χ1) is 10.0. The van der Waals surface area contributed by atoms with Crippen molar-refractivity contribution >= 4 is 11.7 Å². The molecule has 1 aromatic rings. The summed E-state index contributed by atoms with van der Waals surface area (Å²) >= 11 is 0. The van der Waals surface area contributed by atoms with Gasteiger partial charge in [0.15, 0.2) is 0 Å². The molecule has 0 radical (unpaired) electrons. The van der Waals surface area contributed by atoms with Gasteiger partial charge >= 0.3 is 5.97 Å². The number of esters is 1. The van der Waals surface area contributed by atoms with E-state index in [1.165, 1.54) is 12.1 Å². The van der Waals surface area contributed by atoms with E-state index in [0.29, 0.717) is 19.1 Å². The lowest BCUT2D eigenvalue weighted by atomic mass is 9.92. The van der Waals surface area contributed by atoms with Crippen LogP contribution in [0, 0.1) is 11.7 Å². The summed E-state index contributed by atoms with van der Waals surface area (Å²) in [5.41, 5.74) is 0.181. The zero-order chi connectivity index (χ0) is 15.5. The zero-order valence-corrected chi connectivity index (χ0v) is 12.9. The van der Waals surface area contributed by atoms with E-state index in [1.807, 2.05) is 18.9 Å². The molecule has 0 saturated heterocycles. The third kappa shape index (κ3) is 3.35. The van der Waals surface area contributed by atoms with Gasteiger partial charge in [0.2, 0.25) is 0 Å². The molecule has 1 aromatic carbocycles. The van der Waals surface area contributed by atoms with E-state index in [1.54, 1.807) is 19.2 Å². The monoisotopic (exact) mass is 294 g/mol. The average molecular weight is 294 g/mol. The first-order valence-corrected chi connectivity index (χ1v) is 7.36. The molecular formula is C16H23FN2O2. The molecular weight excluding hydrogens is 271 g/mol. The van der Waals surface area contributed by atoms with Crippen LogP contribution in [0.4, 0.5) is 10.1 Å². The van der Waals surface area contributed by atoms with E-state index in [0.717, 1.165) is 18.5 Å². The molecule has 1 fully saturated rings. The summed E-state index contributed by atoms with van der Waals surface area (Å²) < 4.78 is 18.3. The van der Waals surface area contributed by atoms with Crippen LogP contribution in [0.1, 0.15) is 19.8 Å². The van der Waals surface area contributed by atoms with Gasteiger partial charge in [-0.05, 0) is 57.0 Å². The summed E-state index contributed by atoms with van der Waals surface area (Å²) in [6.45, 7) is 2.68. The molecule has 0 amide bonds. The largest absolute Gasteiger partial charge is 0.465 e. The molecule has 0 spiro atoms. The Bertz CT molecular complexity index is 488.